The van der Waals surface area contributed by atoms with Gasteiger partial charge in [-0.2, -0.15) is 0 Å². The third-order valence-corrected chi connectivity index (χ3v) is 2.42. The fraction of sp³-hybridized carbons (Fsp3) is 0.462. The number of para-hydroxylation sites is 1. The van der Waals surface area contributed by atoms with Gasteiger partial charge in [0.1, 0.15) is 0 Å². The lowest BCUT2D eigenvalue weighted by molar-refractivity contribution is -0.142. The van der Waals surface area contributed by atoms with E-state index >= 15 is 0 Å². The summed E-state index contributed by atoms with van der Waals surface area (Å²) in [5.74, 6) is -0.152. The molecule has 0 unspecified atom stereocenters. The zero-order valence-corrected chi connectivity index (χ0v) is 10.2. The molecule has 3 heteroatoms. The molecule has 0 radical (unpaired) electrons. The number of rotatable bonds is 5. The predicted octanol–water partition coefficient (Wildman–Crippen LogP) is 2.67. The molecule has 0 aliphatic rings. The Kier molecular flexibility index (Phi) is 4.83. The number of ether oxygens (including phenoxy) is 1. The molecule has 0 bridgehead atoms. The van der Waals surface area contributed by atoms with E-state index in [0.29, 0.717) is 19.6 Å². The fourth-order valence-corrected chi connectivity index (χ4v) is 1.62. The minimum absolute atomic E-state index is 0.152. The fourth-order valence-electron chi connectivity index (χ4n) is 1.62. The van der Waals surface area contributed by atoms with Gasteiger partial charge in [0.25, 0.3) is 0 Å². The van der Waals surface area contributed by atoms with Gasteiger partial charge in [-0.15, -0.1) is 0 Å². The van der Waals surface area contributed by atoms with Crippen LogP contribution in [-0.2, 0) is 9.53 Å². The number of carbonyl (C=O) groups is 1. The number of nitrogens with one attached hydrogen (secondary N) is 1. The van der Waals surface area contributed by atoms with Gasteiger partial charge in [0.15, 0.2) is 0 Å². The Morgan fingerprint density at radius 2 is 1.94 bits per heavy atom. The minimum atomic E-state index is -0.152. The van der Waals surface area contributed by atoms with Gasteiger partial charge >= 0.3 is 5.97 Å². The Labute approximate surface area is 96.8 Å². The van der Waals surface area contributed by atoms with Crippen LogP contribution in [-0.4, -0.2) is 19.1 Å². The number of anilines is 1. The van der Waals surface area contributed by atoms with Crippen LogP contribution >= 0.6 is 0 Å². The summed E-state index contributed by atoms with van der Waals surface area (Å²) in [5.41, 5.74) is 3.51. The Hall–Kier alpha value is -1.51. The van der Waals surface area contributed by atoms with Crippen LogP contribution in [0.3, 0.4) is 0 Å². The highest BCUT2D eigenvalue weighted by Gasteiger charge is 2.03. The van der Waals surface area contributed by atoms with Crippen LogP contribution in [0.5, 0.6) is 0 Å². The average molecular weight is 221 g/mol. The lowest BCUT2D eigenvalue weighted by Gasteiger charge is -2.11. The van der Waals surface area contributed by atoms with E-state index in [1.54, 1.807) is 0 Å². The van der Waals surface area contributed by atoms with E-state index in [1.165, 1.54) is 11.1 Å². The van der Waals surface area contributed by atoms with Crippen molar-refractivity contribution < 1.29 is 9.53 Å². The molecule has 1 aromatic carbocycles. The first-order valence-electron chi connectivity index (χ1n) is 5.61. The van der Waals surface area contributed by atoms with Crippen molar-refractivity contribution in [1.29, 1.82) is 0 Å². The molecule has 0 atom stereocenters. The lowest BCUT2D eigenvalue weighted by atomic mass is 10.1. The van der Waals surface area contributed by atoms with Gasteiger partial charge in [-0.3, -0.25) is 4.79 Å². The molecule has 0 saturated heterocycles. The van der Waals surface area contributed by atoms with E-state index in [9.17, 15) is 4.79 Å². The van der Waals surface area contributed by atoms with Crippen molar-refractivity contribution in [2.75, 3.05) is 18.5 Å². The van der Waals surface area contributed by atoms with Crippen LogP contribution in [0.1, 0.15) is 24.5 Å². The van der Waals surface area contributed by atoms with Gasteiger partial charge in [-0.25, -0.2) is 0 Å². The first-order chi connectivity index (χ1) is 7.65. The van der Waals surface area contributed by atoms with Gasteiger partial charge in [0, 0.05) is 12.2 Å². The van der Waals surface area contributed by atoms with Crippen LogP contribution in [0, 0.1) is 13.8 Å². The average Bonchev–Trinajstić information content (AvgIpc) is 2.23. The van der Waals surface area contributed by atoms with Crippen LogP contribution in [0.25, 0.3) is 0 Å². The van der Waals surface area contributed by atoms with Crippen molar-refractivity contribution >= 4 is 11.7 Å². The summed E-state index contributed by atoms with van der Waals surface area (Å²) in [6, 6.07) is 6.14. The van der Waals surface area contributed by atoms with Crippen molar-refractivity contribution in [2.45, 2.75) is 27.2 Å². The molecule has 1 N–H and O–H groups in total. The molecular formula is C13H19NO2. The number of hydrogen-bond acceptors (Lipinski definition) is 3. The molecule has 0 aromatic heterocycles. The predicted molar refractivity (Wildman–Crippen MR) is 65.7 cm³/mol. The molecule has 16 heavy (non-hydrogen) atoms. The summed E-state index contributed by atoms with van der Waals surface area (Å²) in [5, 5.41) is 3.27. The third-order valence-electron chi connectivity index (χ3n) is 2.42. The molecule has 1 aromatic rings. The molecule has 0 fully saturated rings. The van der Waals surface area contributed by atoms with Crippen molar-refractivity contribution in [3.63, 3.8) is 0 Å². The molecule has 0 saturated carbocycles. The summed E-state index contributed by atoms with van der Waals surface area (Å²) >= 11 is 0. The molecule has 0 aliphatic carbocycles. The summed E-state index contributed by atoms with van der Waals surface area (Å²) < 4.78 is 4.86. The van der Waals surface area contributed by atoms with Crippen LogP contribution in [0.2, 0.25) is 0 Å². The van der Waals surface area contributed by atoms with E-state index in [0.717, 1.165) is 5.69 Å². The maximum absolute atomic E-state index is 11.1. The lowest BCUT2D eigenvalue weighted by Crippen LogP contribution is -2.12. The number of esters is 1. The highest BCUT2D eigenvalue weighted by molar-refractivity contribution is 5.70. The van der Waals surface area contributed by atoms with Crippen molar-refractivity contribution in [3.05, 3.63) is 29.3 Å². The number of carbonyl (C=O) groups excluding carboxylic acids is 1. The molecule has 3 nitrogen and oxygen atoms in total. The normalized spacial score (nSPS) is 9.94. The molecule has 0 aliphatic heterocycles. The second kappa shape index (κ2) is 6.16. The number of hydrogen-bond donors (Lipinski definition) is 1. The first-order valence-corrected chi connectivity index (χ1v) is 5.61. The molecule has 0 spiro atoms. The monoisotopic (exact) mass is 221 g/mol. The standard InChI is InChI=1S/C13H19NO2/c1-4-16-12(15)8-9-14-13-10(2)6-5-7-11(13)3/h5-7,14H,4,8-9H2,1-3H3. The zero-order chi connectivity index (χ0) is 12.0. The van der Waals surface area contributed by atoms with Crippen LogP contribution in [0.15, 0.2) is 18.2 Å². The van der Waals surface area contributed by atoms with Gasteiger partial charge in [0.2, 0.25) is 0 Å². The molecule has 0 amide bonds. The summed E-state index contributed by atoms with van der Waals surface area (Å²) in [6.45, 7) is 6.99. The SMILES string of the molecule is CCOC(=O)CCNc1c(C)cccc1C. The third kappa shape index (κ3) is 3.57. The zero-order valence-electron chi connectivity index (χ0n) is 10.2. The quantitative estimate of drug-likeness (QED) is 0.777. The summed E-state index contributed by atoms with van der Waals surface area (Å²) in [7, 11) is 0. The Morgan fingerprint density at radius 1 is 1.31 bits per heavy atom. The van der Waals surface area contributed by atoms with Crippen molar-refractivity contribution in [3.8, 4) is 0 Å². The van der Waals surface area contributed by atoms with E-state index in [2.05, 4.69) is 31.3 Å². The Balaban J connectivity index is 2.46. The largest absolute Gasteiger partial charge is 0.466 e. The van der Waals surface area contributed by atoms with E-state index < -0.39 is 0 Å². The van der Waals surface area contributed by atoms with Gasteiger partial charge < -0.3 is 10.1 Å². The smallest absolute Gasteiger partial charge is 0.307 e. The van der Waals surface area contributed by atoms with Crippen LogP contribution < -0.4 is 5.32 Å². The van der Waals surface area contributed by atoms with Crippen LogP contribution in [0.4, 0.5) is 5.69 Å². The highest BCUT2D eigenvalue weighted by atomic mass is 16.5. The number of benzene rings is 1. The highest BCUT2D eigenvalue weighted by Crippen LogP contribution is 2.19. The second-order valence-electron chi connectivity index (χ2n) is 3.75. The molecule has 1 rings (SSSR count). The topological polar surface area (TPSA) is 38.3 Å². The van der Waals surface area contributed by atoms with E-state index in [-0.39, 0.29) is 5.97 Å². The molecule has 0 heterocycles. The maximum Gasteiger partial charge on any atom is 0.307 e. The molecular weight excluding hydrogens is 202 g/mol. The first kappa shape index (κ1) is 12.6. The summed E-state index contributed by atoms with van der Waals surface area (Å²) in [4.78, 5) is 11.1. The Morgan fingerprint density at radius 3 is 2.50 bits per heavy atom. The second-order valence-corrected chi connectivity index (χ2v) is 3.75. The summed E-state index contributed by atoms with van der Waals surface area (Å²) in [6.07, 6.45) is 0.404. The maximum atomic E-state index is 11.1. The van der Waals surface area contributed by atoms with Gasteiger partial charge in [-0.05, 0) is 31.9 Å². The molecule has 88 valence electrons. The van der Waals surface area contributed by atoms with E-state index in [4.69, 9.17) is 4.74 Å². The van der Waals surface area contributed by atoms with Crippen molar-refractivity contribution in [1.82, 2.24) is 0 Å². The Bertz CT molecular complexity index is 341. The van der Waals surface area contributed by atoms with E-state index in [1.807, 2.05) is 13.0 Å². The van der Waals surface area contributed by atoms with Crippen molar-refractivity contribution in [2.24, 2.45) is 0 Å². The van der Waals surface area contributed by atoms with Gasteiger partial charge in [0.05, 0.1) is 13.0 Å². The number of aryl methyl sites for hydroxylation is 2. The van der Waals surface area contributed by atoms with Gasteiger partial charge in [-0.1, -0.05) is 18.2 Å². The minimum Gasteiger partial charge on any atom is -0.466 e.